The molecule has 0 saturated carbocycles. The molecule has 0 spiro atoms. The molecule has 428 valence electrons. The number of thiazole rings is 1. The van der Waals surface area contributed by atoms with Gasteiger partial charge < -0.3 is 54.6 Å². The quantitative estimate of drug-likeness (QED) is 0.0441. The van der Waals surface area contributed by atoms with Crippen LogP contribution in [0.2, 0.25) is 0 Å². The number of aryl methyl sites for hydroxylation is 1. The van der Waals surface area contributed by atoms with Crippen LogP contribution in [0.4, 0.5) is 16.2 Å². The number of nitrogens with one attached hydrogen (secondary N) is 4. The molecule has 1 aliphatic heterocycles. The molecule has 6 aromatic rings. The van der Waals surface area contributed by atoms with E-state index in [0.29, 0.717) is 42.2 Å². The molecular weight excluding hydrogens is 1060 g/mol. The smallest absolute Gasteiger partial charge is 0.407 e. The summed E-state index contributed by atoms with van der Waals surface area (Å²) in [7, 11) is -2.45. The second-order valence-electron chi connectivity index (χ2n) is 21.9. The standard InChI is InChI=1S/C59H73N7O12S2/c1-37(78-57(70)60-8)54(67)65-53(58(2,3)4)56(69)66-35-40-30-42(18-16-39(40)31-49(66)55(68)64-45-15-11-13-38-12-9-10-14-43(38)45)76-28-26-74-24-22-73-23-25-75-27-29-77-50-34-47-44(33-52(50)80(71,72)59(5,6)7)46(20-21-61-47)63-41-17-19-51-48(32-41)62-36-79-51/h9-10,12,14,16-21,30,32-34,36-37,45,49,53H,11,13,15,22-29,31,35H2,1-8H3,(H,60,70)(H,61,63)(H,64,68)(H,65,67)/t37?,45-,49+,53?/m1/s1. The predicted molar refractivity (Wildman–Crippen MR) is 306 cm³/mol. The Labute approximate surface area is 471 Å². The molecule has 8 rings (SSSR count). The van der Waals surface area contributed by atoms with Gasteiger partial charge in [0.05, 0.1) is 71.7 Å². The van der Waals surface area contributed by atoms with Crippen LogP contribution >= 0.6 is 11.3 Å². The number of sulfone groups is 1. The highest BCUT2D eigenvalue weighted by molar-refractivity contribution is 7.92. The molecule has 0 radical (unpaired) electrons. The Hall–Kier alpha value is -6.91. The van der Waals surface area contributed by atoms with E-state index in [0.717, 1.165) is 51.9 Å². The second-order valence-corrected chi connectivity index (χ2v) is 25.4. The first-order chi connectivity index (χ1) is 38.2. The summed E-state index contributed by atoms with van der Waals surface area (Å²) in [6.07, 6.45) is 2.56. The van der Waals surface area contributed by atoms with Crippen LogP contribution in [-0.4, -0.2) is 130 Å². The van der Waals surface area contributed by atoms with Crippen LogP contribution < -0.4 is 30.7 Å². The average molecular weight is 1140 g/mol. The van der Waals surface area contributed by atoms with Crippen molar-refractivity contribution in [1.82, 2.24) is 30.8 Å². The molecule has 2 aromatic heterocycles. The number of carbonyl (C=O) groups is 4. The van der Waals surface area contributed by atoms with E-state index in [1.54, 1.807) is 66.9 Å². The third-order valence-corrected chi connectivity index (χ3v) is 17.4. The molecule has 0 fully saturated rings. The maximum absolute atomic E-state index is 14.8. The van der Waals surface area contributed by atoms with Crippen molar-refractivity contribution in [3.8, 4) is 11.5 Å². The summed E-state index contributed by atoms with van der Waals surface area (Å²) in [5.41, 5.74) is 7.91. The van der Waals surface area contributed by atoms with Gasteiger partial charge in [0.25, 0.3) is 5.91 Å². The fourth-order valence-electron chi connectivity index (χ4n) is 9.61. The number of anilines is 2. The third-order valence-electron chi connectivity index (χ3n) is 14.1. The summed E-state index contributed by atoms with van der Waals surface area (Å²) in [6.45, 7) is 14.0. The zero-order valence-electron chi connectivity index (χ0n) is 46.7. The SMILES string of the molecule is CNC(=O)OC(C)C(=O)NC(C(=O)N1Cc2cc(OCCOCCOCCOCCOc3cc4nccc(Nc5ccc6scnc6c5)c4cc3S(=O)(=O)C(C)(C)C)ccc2C[C@H]1C(=O)N[C@@H]1CCCc2ccccc21)C(C)(C)C. The molecule has 4 aromatic carbocycles. The van der Waals surface area contributed by atoms with E-state index in [1.807, 2.05) is 75.4 Å². The van der Waals surface area contributed by atoms with Crippen molar-refractivity contribution < 1.29 is 56.0 Å². The van der Waals surface area contributed by atoms with Gasteiger partial charge in [0.15, 0.2) is 15.9 Å². The van der Waals surface area contributed by atoms with Gasteiger partial charge in [-0.2, -0.15) is 0 Å². The van der Waals surface area contributed by atoms with Crippen LogP contribution in [-0.2, 0) is 62.6 Å². The highest BCUT2D eigenvalue weighted by Crippen LogP contribution is 2.39. The number of nitrogens with zero attached hydrogens (tertiary/aromatic N) is 3. The fraction of sp³-hybridized carbons (Fsp3) is 0.458. The predicted octanol–water partition coefficient (Wildman–Crippen LogP) is 8.39. The van der Waals surface area contributed by atoms with Crippen LogP contribution in [0.25, 0.3) is 21.1 Å². The van der Waals surface area contributed by atoms with Crippen LogP contribution in [0.1, 0.15) is 89.6 Å². The van der Waals surface area contributed by atoms with Crippen molar-refractivity contribution in [3.05, 3.63) is 113 Å². The first-order valence-electron chi connectivity index (χ1n) is 27.0. The van der Waals surface area contributed by atoms with Gasteiger partial charge in [-0.15, -0.1) is 11.3 Å². The lowest BCUT2D eigenvalue weighted by Gasteiger charge is -2.41. The Morgan fingerprint density at radius 2 is 1.50 bits per heavy atom. The molecule has 2 aliphatic rings. The lowest BCUT2D eigenvalue weighted by molar-refractivity contribution is -0.148. The number of alkyl carbamates (subject to hydrolysis) is 1. The van der Waals surface area contributed by atoms with Gasteiger partial charge in [-0.05, 0) is 117 Å². The lowest BCUT2D eigenvalue weighted by Crippen LogP contribution is -2.61. The Kier molecular flexibility index (Phi) is 19.3. The Bertz CT molecular complexity index is 3280. The van der Waals surface area contributed by atoms with Gasteiger partial charge in [0.2, 0.25) is 11.8 Å². The first kappa shape index (κ1) is 59.2. The molecule has 3 heterocycles. The number of carbonyl (C=O) groups excluding carboxylic acids is 4. The van der Waals surface area contributed by atoms with E-state index >= 15 is 0 Å². The number of hydrogen-bond donors (Lipinski definition) is 4. The Morgan fingerprint density at radius 1 is 0.787 bits per heavy atom. The normalized spacial score (nSPS) is 16.2. The summed E-state index contributed by atoms with van der Waals surface area (Å²) >= 11 is 1.56. The molecule has 4 amide bonds. The number of aromatic nitrogens is 2. The molecule has 2 unspecified atom stereocenters. The number of amides is 4. The molecule has 80 heavy (non-hydrogen) atoms. The maximum atomic E-state index is 14.8. The Morgan fingerprint density at radius 3 is 2.21 bits per heavy atom. The summed E-state index contributed by atoms with van der Waals surface area (Å²) in [4.78, 5) is 65.1. The molecule has 4 atom stereocenters. The minimum Gasteiger partial charge on any atom is -0.491 e. The number of fused-ring (bicyclic) bond motifs is 4. The molecule has 1 aliphatic carbocycles. The topological polar surface area (TPSA) is 235 Å². The van der Waals surface area contributed by atoms with Crippen molar-refractivity contribution in [3.63, 3.8) is 0 Å². The number of pyridine rings is 1. The van der Waals surface area contributed by atoms with E-state index in [9.17, 15) is 27.6 Å². The number of benzene rings is 4. The maximum Gasteiger partial charge on any atom is 0.407 e. The molecular formula is C59H73N7O12S2. The summed E-state index contributed by atoms with van der Waals surface area (Å²) in [6, 6.07) is 22.6. The summed E-state index contributed by atoms with van der Waals surface area (Å²) < 4.78 is 62.4. The number of rotatable bonds is 23. The van der Waals surface area contributed by atoms with Crippen molar-refractivity contribution in [2.24, 2.45) is 5.41 Å². The van der Waals surface area contributed by atoms with E-state index in [-0.39, 0.29) is 68.6 Å². The van der Waals surface area contributed by atoms with E-state index in [2.05, 4.69) is 37.3 Å². The van der Waals surface area contributed by atoms with Gasteiger partial charge in [-0.1, -0.05) is 51.1 Å². The van der Waals surface area contributed by atoms with Crippen molar-refractivity contribution in [2.45, 2.75) is 115 Å². The molecule has 0 saturated heterocycles. The molecule has 0 bridgehead atoms. The van der Waals surface area contributed by atoms with Crippen LogP contribution in [0, 0.1) is 5.41 Å². The van der Waals surface area contributed by atoms with Gasteiger partial charge in [0.1, 0.15) is 41.7 Å². The average Bonchev–Trinajstić information content (AvgIpc) is 3.95. The largest absolute Gasteiger partial charge is 0.491 e. The molecule has 4 N–H and O–H groups in total. The Balaban J connectivity index is 0.804. The second kappa shape index (κ2) is 26.1. The minimum atomic E-state index is -3.84. The minimum absolute atomic E-state index is 0.0657. The van der Waals surface area contributed by atoms with Gasteiger partial charge in [-0.25, -0.2) is 18.2 Å². The molecule has 19 nitrogen and oxygen atoms in total. The number of ether oxygens (including phenoxy) is 6. The van der Waals surface area contributed by atoms with E-state index < -0.39 is 56.1 Å². The van der Waals surface area contributed by atoms with Crippen LogP contribution in [0.15, 0.2) is 95.5 Å². The highest BCUT2D eigenvalue weighted by atomic mass is 32.2. The van der Waals surface area contributed by atoms with Crippen molar-refractivity contribution in [2.75, 3.05) is 65.2 Å². The highest BCUT2D eigenvalue weighted by Gasteiger charge is 2.43. The van der Waals surface area contributed by atoms with Gasteiger partial charge >= 0.3 is 6.09 Å². The third kappa shape index (κ3) is 14.5. The van der Waals surface area contributed by atoms with Crippen molar-refractivity contribution in [1.29, 1.82) is 0 Å². The zero-order chi connectivity index (χ0) is 57.2. The van der Waals surface area contributed by atoms with Crippen LogP contribution in [0.5, 0.6) is 11.5 Å². The summed E-state index contributed by atoms with van der Waals surface area (Å²) in [5, 5.41) is 12.5. The molecule has 21 heteroatoms. The van der Waals surface area contributed by atoms with E-state index in [4.69, 9.17) is 28.4 Å². The van der Waals surface area contributed by atoms with Crippen molar-refractivity contribution >= 4 is 77.5 Å². The summed E-state index contributed by atoms with van der Waals surface area (Å²) in [5.74, 6) is -0.619. The monoisotopic (exact) mass is 1140 g/mol. The van der Waals surface area contributed by atoms with Gasteiger partial charge in [-0.3, -0.25) is 19.4 Å². The lowest BCUT2D eigenvalue weighted by atomic mass is 9.83. The van der Waals surface area contributed by atoms with E-state index in [1.165, 1.54) is 19.5 Å². The van der Waals surface area contributed by atoms with Gasteiger partial charge in [0, 0.05) is 49.0 Å². The van der Waals surface area contributed by atoms with Crippen LogP contribution in [0.3, 0.4) is 0 Å². The zero-order valence-corrected chi connectivity index (χ0v) is 48.4. The number of hydrogen-bond acceptors (Lipinski definition) is 16. The fourth-order valence-corrected chi connectivity index (χ4v) is 11.6. The first-order valence-corrected chi connectivity index (χ1v) is 29.3.